The van der Waals surface area contributed by atoms with Crippen molar-refractivity contribution in [3.8, 4) is 0 Å². The zero-order valence-electron chi connectivity index (χ0n) is 14.5. The van der Waals surface area contributed by atoms with Crippen LogP contribution in [0.2, 0.25) is 0 Å². The number of ether oxygens (including phenoxy) is 1. The lowest BCUT2D eigenvalue weighted by Crippen LogP contribution is -2.37. The molecule has 0 bridgehead atoms. The normalized spacial score (nSPS) is 11.6. The number of aliphatic imine (C=N–C) groups is 1. The third kappa shape index (κ3) is 7.67. The molecule has 0 fully saturated rings. The number of hydrogen-bond donors (Lipinski definition) is 2. The zero-order chi connectivity index (χ0) is 17.1. The molecule has 7 nitrogen and oxygen atoms in total. The van der Waals surface area contributed by atoms with Crippen LogP contribution in [0.25, 0.3) is 0 Å². The van der Waals surface area contributed by atoms with Crippen LogP contribution < -0.4 is 10.6 Å². The van der Waals surface area contributed by atoms with Gasteiger partial charge in [0.25, 0.3) is 0 Å². The minimum absolute atomic E-state index is 0.167. The van der Waals surface area contributed by atoms with Gasteiger partial charge in [-0.3, -0.25) is 4.79 Å². The van der Waals surface area contributed by atoms with Gasteiger partial charge in [0.05, 0.1) is 12.3 Å². The fourth-order valence-corrected chi connectivity index (χ4v) is 1.85. The highest BCUT2D eigenvalue weighted by Crippen LogP contribution is 2.14. The third-order valence-corrected chi connectivity index (χ3v) is 3.06. The van der Waals surface area contributed by atoms with Gasteiger partial charge in [-0.2, -0.15) is 0 Å². The summed E-state index contributed by atoms with van der Waals surface area (Å²) in [6, 6.07) is 1.93. The summed E-state index contributed by atoms with van der Waals surface area (Å²) in [6.07, 6.45) is 1.10. The highest BCUT2D eigenvalue weighted by atomic mass is 16.5. The van der Waals surface area contributed by atoms with Crippen molar-refractivity contribution in [3.05, 3.63) is 17.5 Å². The number of guanidine groups is 1. The molecule has 0 saturated carbocycles. The molecule has 7 heteroatoms. The maximum Gasteiger partial charge on any atom is 0.305 e. The molecule has 23 heavy (non-hydrogen) atoms. The van der Waals surface area contributed by atoms with Crippen LogP contribution in [-0.2, 0) is 16.1 Å². The first kappa shape index (κ1) is 19.0. The van der Waals surface area contributed by atoms with Crippen molar-refractivity contribution in [2.45, 2.75) is 53.0 Å². The van der Waals surface area contributed by atoms with E-state index in [1.165, 1.54) is 0 Å². The van der Waals surface area contributed by atoms with E-state index in [2.05, 4.69) is 34.6 Å². The van der Waals surface area contributed by atoms with E-state index in [0.717, 1.165) is 18.0 Å². The van der Waals surface area contributed by atoms with Crippen molar-refractivity contribution in [2.75, 3.05) is 19.7 Å². The van der Waals surface area contributed by atoms with E-state index in [9.17, 15) is 4.79 Å². The molecule has 130 valence electrons. The van der Waals surface area contributed by atoms with E-state index in [0.29, 0.717) is 44.4 Å². The highest BCUT2D eigenvalue weighted by molar-refractivity contribution is 5.79. The number of carbonyl (C=O) groups is 1. The number of nitrogens with one attached hydrogen (secondary N) is 2. The molecule has 0 amide bonds. The molecule has 1 aromatic heterocycles. The van der Waals surface area contributed by atoms with Crippen LogP contribution in [0, 0.1) is 0 Å². The molecule has 0 radical (unpaired) electrons. The summed E-state index contributed by atoms with van der Waals surface area (Å²) in [7, 11) is 0. The second-order valence-electron chi connectivity index (χ2n) is 5.40. The first-order chi connectivity index (χ1) is 11.1. The Morgan fingerprint density at radius 2 is 2.17 bits per heavy atom. The summed E-state index contributed by atoms with van der Waals surface area (Å²) < 4.78 is 10.2. The molecule has 0 atom stereocenters. The lowest BCUT2D eigenvalue weighted by Gasteiger charge is -2.10. The van der Waals surface area contributed by atoms with E-state index >= 15 is 0 Å². The van der Waals surface area contributed by atoms with Crippen LogP contribution in [0.4, 0.5) is 0 Å². The van der Waals surface area contributed by atoms with Crippen LogP contribution in [0.5, 0.6) is 0 Å². The maximum atomic E-state index is 11.3. The molecule has 0 unspecified atom stereocenters. The molecular formula is C16H28N4O3. The number of carbonyl (C=O) groups excluding carboxylic acids is 1. The topological polar surface area (TPSA) is 88.8 Å². The summed E-state index contributed by atoms with van der Waals surface area (Å²) in [6.45, 7) is 10.2. The maximum absolute atomic E-state index is 11.3. The largest absolute Gasteiger partial charge is 0.466 e. The Balaban J connectivity index is 2.41. The Hall–Kier alpha value is -2.05. The SMILES string of the molecule is CCNC(=NCc1cc(C(C)C)no1)NCCCC(=O)OCC. The number of rotatable bonds is 9. The van der Waals surface area contributed by atoms with Gasteiger partial charge >= 0.3 is 5.97 Å². The molecule has 1 aromatic rings. The van der Waals surface area contributed by atoms with Gasteiger partial charge < -0.3 is 19.9 Å². The molecule has 0 aliphatic carbocycles. The predicted molar refractivity (Wildman–Crippen MR) is 89.3 cm³/mol. The van der Waals surface area contributed by atoms with Crippen molar-refractivity contribution in [2.24, 2.45) is 4.99 Å². The molecule has 0 aliphatic rings. The quantitative estimate of drug-likeness (QED) is 0.313. The molecular weight excluding hydrogens is 296 g/mol. The van der Waals surface area contributed by atoms with Crippen LogP contribution in [0.3, 0.4) is 0 Å². The average Bonchev–Trinajstić information content (AvgIpc) is 2.98. The van der Waals surface area contributed by atoms with Crippen LogP contribution in [0.1, 0.15) is 57.9 Å². The highest BCUT2D eigenvalue weighted by Gasteiger charge is 2.07. The molecule has 2 N–H and O–H groups in total. The first-order valence-corrected chi connectivity index (χ1v) is 8.20. The third-order valence-electron chi connectivity index (χ3n) is 3.06. The Bertz CT molecular complexity index is 497. The lowest BCUT2D eigenvalue weighted by atomic mass is 10.1. The molecule has 0 aromatic carbocycles. The minimum atomic E-state index is -0.167. The van der Waals surface area contributed by atoms with E-state index in [-0.39, 0.29) is 5.97 Å². The number of hydrogen-bond acceptors (Lipinski definition) is 5. The Morgan fingerprint density at radius 1 is 1.39 bits per heavy atom. The van der Waals surface area contributed by atoms with Crippen molar-refractivity contribution in [3.63, 3.8) is 0 Å². The second-order valence-corrected chi connectivity index (χ2v) is 5.40. The van der Waals surface area contributed by atoms with E-state index in [1.807, 2.05) is 13.0 Å². The van der Waals surface area contributed by atoms with Crippen LogP contribution in [-0.4, -0.2) is 36.8 Å². The van der Waals surface area contributed by atoms with Gasteiger partial charge in [-0.15, -0.1) is 0 Å². The molecule has 0 saturated heterocycles. The lowest BCUT2D eigenvalue weighted by molar-refractivity contribution is -0.143. The fourth-order valence-electron chi connectivity index (χ4n) is 1.85. The van der Waals surface area contributed by atoms with Gasteiger partial charge in [0, 0.05) is 25.6 Å². The predicted octanol–water partition coefficient (Wildman–Crippen LogP) is 2.20. The van der Waals surface area contributed by atoms with Gasteiger partial charge in [-0.1, -0.05) is 19.0 Å². The Morgan fingerprint density at radius 3 is 2.78 bits per heavy atom. The summed E-state index contributed by atoms with van der Waals surface area (Å²) >= 11 is 0. The van der Waals surface area contributed by atoms with Crippen molar-refractivity contribution < 1.29 is 14.1 Å². The van der Waals surface area contributed by atoms with E-state index in [1.54, 1.807) is 6.92 Å². The van der Waals surface area contributed by atoms with E-state index in [4.69, 9.17) is 9.26 Å². The standard InChI is InChI=1S/C16H28N4O3/c1-5-17-16(18-9-7-8-15(21)22-6-2)19-11-13-10-14(12(3)4)20-23-13/h10,12H,5-9,11H2,1-4H3,(H2,17,18,19). The molecule has 1 heterocycles. The summed E-state index contributed by atoms with van der Waals surface area (Å²) in [4.78, 5) is 15.7. The first-order valence-electron chi connectivity index (χ1n) is 8.20. The molecule has 0 spiro atoms. The summed E-state index contributed by atoms with van der Waals surface area (Å²) in [5, 5.41) is 10.4. The van der Waals surface area contributed by atoms with Gasteiger partial charge in [0.2, 0.25) is 0 Å². The summed E-state index contributed by atoms with van der Waals surface area (Å²) in [5.74, 6) is 1.60. The van der Waals surface area contributed by atoms with E-state index < -0.39 is 0 Å². The van der Waals surface area contributed by atoms with Crippen LogP contribution >= 0.6 is 0 Å². The number of esters is 1. The van der Waals surface area contributed by atoms with Crippen molar-refractivity contribution >= 4 is 11.9 Å². The molecule has 1 rings (SSSR count). The smallest absolute Gasteiger partial charge is 0.305 e. The zero-order valence-corrected chi connectivity index (χ0v) is 14.5. The van der Waals surface area contributed by atoms with Crippen molar-refractivity contribution in [1.29, 1.82) is 0 Å². The van der Waals surface area contributed by atoms with Gasteiger partial charge in [0.15, 0.2) is 11.7 Å². The molecule has 0 aliphatic heterocycles. The van der Waals surface area contributed by atoms with Gasteiger partial charge in [-0.05, 0) is 26.2 Å². The second kappa shape index (κ2) is 10.6. The average molecular weight is 324 g/mol. The monoisotopic (exact) mass is 324 g/mol. The fraction of sp³-hybridized carbons (Fsp3) is 0.688. The van der Waals surface area contributed by atoms with Gasteiger partial charge in [0.1, 0.15) is 6.54 Å². The summed E-state index contributed by atoms with van der Waals surface area (Å²) in [5.41, 5.74) is 0.933. The minimum Gasteiger partial charge on any atom is -0.466 e. The number of aromatic nitrogens is 1. The van der Waals surface area contributed by atoms with Crippen molar-refractivity contribution in [1.82, 2.24) is 15.8 Å². The Labute approximate surface area is 137 Å². The van der Waals surface area contributed by atoms with Crippen LogP contribution in [0.15, 0.2) is 15.6 Å². The Kier molecular flexibility index (Phi) is 8.79. The number of nitrogens with zero attached hydrogens (tertiary/aromatic N) is 2. The van der Waals surface area contributed by atoms with Gasteiger partial charge in [-0.25, -0.2) is 4.99 Å².